The molecule has 2 rings (SSSR count). The van der Waals surface area contributed by atoms with Crippen LogP contribution in [0.5, 0.6) is 11.5 Å². The SMILES string of the molecule is COc1cc(/C=C/C(=O)OCC(=O)Nc2cc(F)cc(F)c2)ccc1OC(F)F. The summed E-state index contributed by atoms with van der Waals surface area (Å²) in [6.07, 6.45) is 2.30. The molecule has 0 saturated heterocycles. The van der Waals surface area contributed by atoms with E-state index in [-0.39, 0.29) is 17.2 Å². The van der Waals surface area contributed by atoms with E-state index in [4.69, 9.17) is 9.47 Å². The molecule has 0 aliphatic heterocycles. The zero-order valence-corrected chi connectivity index (χ0v) is 15.0. The van der Waals surface area contributed by atoms with Crippen LogP contribution in [0.15, 0.2) is 42.5 Å². The Kier molecular flexibility index (Phi) is 7.58. The second kappa shape index (κ2) is 10.1. The van der Waals surface area contributed by atoms with Gasteiger partial charge >= 0.3 is 12.6 Å². The molecule has 0 atom stereocenters. The lowest BCUT2D eigenvalue weighted by molar-refractivity contribution is -0.142. The molecule has 0 fully saturated rings. The third kappa shape index (κ3) is 7.17. The Balaban J connectivity index is 1.89. The Bertz CT molecular complexity index is 897. The van der Waals surface area contributed by atoms with Gasteiger partial charge in [0.05, 0.1) is 7.11 Å². The smallest absolute Gasteiger partial charge is 0.387 e. The van der Waals surface area contributed by atoms with Crippen molar-refractivity contribution in [3.8, 4) is 11.5 Å². The van der Waals surface area contributed by atoms with Crippen molar-refractivity contribution in [2.45, 2.75) is 6.61 Å². The summed E-state index contributed by atoms with van der Waals surface area (Å²) in [4.78, 5) is 23.4. The van der Waals surface area contributed by atoms with E-state index in [9.17, 15) is 27.2 Å². The Labute approximate surface area is 162 Å². The van der Waals surface area contributed by atoms with Crippen molar-refractivity contribution in [1.82, 2.24) is 0 Å². The minimum absolute atomic E-state index is 0.0301. The minimum atomic E-state index is -3.02. The first-order chi connectivity index (χ1) is 13.8. The van der Waals surface area contributed by atoms with Crippen molar-refractivity contribution in [3.63, 3.8) is 0 Å². The first-order valence-electron chi connectivity index (χ1n) is 8.00. The van der Waals surface area contributed by atoms with E-state index in [2.05, 4.69) is 10.1 Å². The molecule has 0 bridgehead atoms. The Morgan fingerprint density at radius 2 is 1.76 bits per heavy atom. The highest BCUT2D eigenvalue weighted by molar-refractivity contribution is 5.94. The van der Waals surface area contributed by atoms with Gasteiger partial charge in [0.25, 0.3) is 5.91 Å². The summed E-state index contributed by atoms with van der Waals surface area (Å²) < 4.78 is 64.6. The molecule has 0 saturated carbocycles. The first-order valence-corrected chi connectivity index (χ1v) is 8.00. The van der Waals surface area contributed by atoms with Crippen molar-refractivity contribution in [1.29, 1.82) is 0 Å². The normalized spacial score (nSPS) is 10.8. The van der Waals surface area contributed by atoms with E-state index in [1.807, 2.05) is 0 Å². The lowest BCUT2D eigenvalue weighted by atomic mass is 10.2. The third-order valence-corrected chi connectivity index (χ3v) is 3.31. The summed E-state index contributed by atoms with van der Waals surface area (Å²) in [7, 11) is 1.26. The standard InChI is InChI=1S/C19H15F4NO5/c1-27-16-6-11(2-4-15(16)29-19(22)23)3-5-18(26)28-10-17(25)24-14-8-12(20)7-13(21)9-14/h2-9,19H,10H2,1H3,(H,24,25)/b5-3+. The highest BCUT2D eigenvalue weighted by Crippen LogP contribution is 2.29. The predicted octanol–water partition coefficient (Wildman–Crippen LogP) is 3.77. The fourth-order valence-corrected chi connectivity index (χ4v) is 2.15. The van der Waals surface area contributed by atoms with Gasteiger partial charge in [0, 0.05) is 17.8 Å². The number of hydrogen-bond donors (Lipinski definition) is 1. The number of halogens is 4. The maximum atomic E-state index is 13.1. The maximum Gasteiger partial charge on any atom is 0.387 e. The molecule has 0 heterocycles. The number of ether oxygens (including phenoxy) is 3. The average Bonchev–Trinajstić information content (AvgIpc) is 2.64. The molecule has 0 aliphatic carbocycles. The van der Waals surface area contributed by atoms with Crippen molar-refractivity contribution in [2.75, 3.05) is 19.0 Å². The highest BCUT2D eigenvalue weighted by atomic mass is 19.3. The van der Waals surface area contributed by atoms with Gasteiger partial charge in [-0.3, -0.25) is 4.79 Å². The number of methoxy groups -OCH3 is 1. The molecule has 0 aromatic heterocycles. The van der Waals surface area contributed by atoms with Gasteiger partial charge in [-0.1, -0.05) is 6.07 Å². The number of esters is 1. The molecule has 154 valence electrons. The largest absolute Gasteiger partial charge is 0.493 e. The number of nitrogens with one attached hydrogen (secondary N) is 1. The van der Waals surface area contributed by atoms with Crippen LogP contribution in [0, 0.1) is 11.6 Å². The van der Waals surface area contributed by atoms with Gasteiger partial charge in [-0.15, -0.1) is 0 Å². The predicted molar refractivity (Wildman–Crippen MR) is 94.6 cm³/mol. The van der Waals surface area contributed by atoms with Crippen LogP contribution in [0.2, 0.25) is 0 Å². The number of rotatable bonds is 8. The molecule has 1 N–H and O–H groups in total. The topological polar surface area (TPSA) is 73.9 Å². The Morgan fingerprint density at radius 1 is 1.07 bits per heavy atom. The zero-order chi connectivity index (χ0) is 21.4. The van der Waals surface area contributed by atoms with Crippen LogP contribution in [0.25, 0.3) is 6.08 Å². The molecular weight excluding hydrogens is 398 g/mol. The molecule has 0 aliphatic rings. The fourth-order valence-electron chi connectivity index (χ4n) is 2.15. The van der Waals surface area contributed by atoms with E-state index >= 15 is 0 Å². The Hall–Kier alpha value is -3.56. The molecule has 10 heteroatoms. The third-order valence-electron chi connectivity index (χ3n) is 3.31. The van der Waals surface area contributed by atoms with Crippen LogP contribution >= 0.6 is 0 Å². The summed E-state index contributed by atoms with van der Waals surface area (Å²) >= 11 is 0. The van der Waals surface area contributed by atoms with E-state index in [1.165, 1.54) is 31.4 Å². The molecule has 6 nitrogen and oxygen atoms in total. The van der Waals surface area contributed by atoms with Crippen LogP contribution < -0.4 is 14.8 Å². The van der Waals surface area contributed by atoms with Crippen molar-refractivity contribution < 1.29 is 41.4 Å². The summed E-state index contributed by atoms with van der Waals surface area (Å²) in [5.41, 5.74) is 0.289. The number of alkyl halides is 2. The van der Waals surface area contributed by atoms with E-state index in [0.717, 1.165) is 18.2 Å². The number of hydrogen-bond acceptors (Lipinski definition) is 5. The summed E-state index contributed by atoms with van der Waals surface area (Å²) in [6.45, 7) is -3.71. The number of amides is 1. The van der Waals surface area contributed by atoms with Crippen molar-refractivity contribution in [3.05, 3.63) is 59.7 Å². The van der Waals surface area contributed by atoms with Gasteiger partial charge in [-0.05, 0) is 35.9 Å². The average molecular weight is 413 g/mol. The second-order valence-electron chi connectivity index (χ2n) is 5.44. The lowest BCUT2D eigenvalue weighted by Crippen LogP contribution is -2.20. The summed E-state index contributed by atoms with van der Waals surface area (Å²) in [5, 5.41) is 2.18. The first kappa shape index (κ1) is 21.7. The molecule has 0 unspecified atom stereocenters. The van der Waals surface area contributed by atoms with E-state index in [0.29, 0.717) is 11.6 Å². The number of anilines is 1. The minimum Gasteiger partial charge on any atom is -0.493 e. The van der Waals surface area contributed by atoms with Crippen LogP contribution in [0.4, 0.5) is 23.2 Å². The van der Waals surface area contributed by atoms with Crippen molar-refractivity contribution >= 4 is 23.6 Å². The van der Waals surface area contributed by atoms with Gasteiger partial charge in [-0.2, -0.15) is 8.78 Å². The quantitative estimate of drug-likeness (QED) is 0.405. The molecule has 0 spiro atoms. The zero-order valence-electron chi connectivity index (χ0n) is 15.0. The van der Waals surface area contributed by atoms with Gasteiger partial charge in [0.1, 0.15) is 11.6 Å². The molecule has 29 heavy (non-hydrogen) atoms. The molecule has 1 amide bonds. The van der Waals surface area contributed by atoms with Gasteiger partial charge in [0.2, 0.25) is 0 Å². The second-order valence-corrected chi connectivity index (χ2v) is 5.44. The lowest BCUT2D eigenvalue weighted by Gasteiger charge is -2.10. The van der Waals surface area contributed by atoms with Crippen LogP contribution in [0.3, 0.4) is 0 Å². The molecule has 0 radical (unpaired) electrons. The molecule has 2 aromatic rings. The summed E-state index contributed by atoms with van der Waals surface area (Å²) in [6, 6.07) is 6.43. The van der Waals surface area contributed by atoms with Gasteiger partial charge in [-0.25, -0.2) is 13.6 Å². The number of carbonyl (C=O) groups is 2. The van der Waals surface area contributed by atoms with Crippen LogP contribution in [0.1, 0.15) is 5.56 Å². The fraction of sp³-hybridized carbons (Fsp3) is 0.158. The van der Waals surface area contributed by atoms with Crippen LogP contribution in [-0.4, -0.2) is 32.2 Å². The number of benzene rings is 2. The van der Waals surface area contributed by atoms with Crippen LogP contribution in [-0.2, 0) is 14.3 Å². The Morgan fingerprint density at radius 3 is 2.38 bits per heavy atom. The van der Waals surface area contributed by atoms with Gasteiger partial charge < -0.3 is 19.5 Å². The van der Waals surface area contributed by atoms with Crippen molar-refractivity contribution in [2.24, 2.45) is 0 Å². The highest BCUT2D eigenvalue weighted by Gasteiger charge is 2.11. The monoisotopic (exact) mass is 413 g/mol. The maximum absolute atomic E-state index is 13.1. The van der Waals surface area contributed by atoms with E-state index < -0.39 is 36.7 Å². The van der Waals surface area contributed by atoms with E-state index in [1.54, 1.807) is 0 Å². The van der Waals surface area contributed by atoms with Gasteiger partial charge in [0.15, 0.2) is 18.1 Å². The molecular formula is C19H15F4NO5. The summed E-state index contributed by atoms with van der Waals surface area (Å²) in [5.74, 6) is -3.57. The number of carbonyl (C=O) groups excluding carboxylic acids is 2. The molecule has 2 aromatic carbocycles.